The summed E-state index contributed by atoms with van der Waals surface area (Å²) in [7, 11) is 1.69. The quantitative estimate of drug-likeness (QED) is 0.565. The second kappa shape index (κ2) is 7.66. The Hall–Kier alpha value is -1.78. The van der Waals surface area contributed by atoms with Crippen LogP contribution in [0.3, 0.4) is 0 Å². The molecule has 0 bridgehead atoms. The van der Waals surface area contributed by atoms with E-state index >= 15 is 0 Å². The number of methoxy groups -OCH3 is 1. The molecule has 0 unspecified atom stereocenters. The number of hydrogen-bond donors (Lipinski definition) is 0. The lowest BCUT2D eigenvalue weighted by Gasteiger charge is -2.02. The molecular weight excluding hydrogens is 322 g/mol. The molecule has 118 valence electrons. The van der Waals surface area contributed by atoms with Crippen LogP contribution < -0.4 is 4.74 Å². The summed E-state index contributed by atoms with van der Waals surface area (Å²) < 4.78 is 5.18. The molecule has 3 aromatic rings. The second-order valence-corrected chi connectivity index (χ2v) is 7.35. The lowest BCUT2D eigenvalue weighted by Crippen LogP contribution is -1.89. The Balaban J connectivity index is 1.57. The van der Waals surface area contributed by atoms with Crippen molar-refractivity contribution in [2.45, 2.75) is 24.0 Å². The largest absolute Gasteiger partial charge is 0.497 e. The van der Waals surface area contributed by atoms with Crippen molar-refractivity contribution in [1.82, 2.24) is 4.98 Å². The van der Waals surface area contributed by atoms with E-state index in [4.69, 9.17) is 9.72 Å². The lowest BCUT2D eigenvalue weighted by molar-refractivity contribution is 0.414. The van der Waals surface area contributed by atoms with Crippen molar-refractivity contribution in [2.75, 3.05) is 7.11 Å². The van der Waals surface area contributed by atoms with Gasteiger partial charge in [-0.3, -0.25) is 0 Å². The Bertz CT molecular complexity index is 748. The number of thiazole rings is 1. The Morgan fingerprint density at radius 1 is 1.04 bits per heavy atom. The van der Waals surface area contributed by atoms with Gasteiger partial charge >= 0.3 is 0 Å². The molecule has 0 spiro atoms. The molecule has 23 heavy (non-hydrogen) atoms. The van der Waals surface area contributed by atoms with Crippen LogP contribution in [0.5, 0.6) is 5.75 Å². The van der Waals surface area contributed by atoms with Gasteiger partial charge in [0.15, 0.2) is 0 Å². The van der Waals surface area contributed by atoms with Gasteiger partial charge in [-0.2, -0.15) is 0 Å². The SMILES string of the molecule is COc1ccc(SCc2csc(Cc3ccc(C)cc3)n2)cc1. The van der Waals surface area contributed by atoms with Crippen LogP contribution in [0.25, 0.3) is 0 Å². The van der Waals surface area contributed by atoms with Gasteiger partial charge in [0.25, 0.3) is 0 Å². The van der Waals surface area contributed by atoms with Crippen molar-refractivity contribution in [3.8, 4) is 5.75 Å². The van der Waals surface area contributed by atoms with Gasteiger partial charge in [0.05, 0.1) is 17.8 Å². The van der Waals surface area contributed by atoms with Crippen LogP contribution in [0.2, 0.25) is 0 Å². The fourth-order valence-corrected chi connectivity index (χ4v) is 3.93. The maximum Gasteiger partial charge on any atom is 0.118 e. The van der Waals surface area contributed by atoms with Gasteiger partial charge in [-0.05, 0) is 36.8 Å². The average Bonchev–Trinajstić information content (AvgIpc) is 3.03. The maximum atomic E-state index is 5.18. The third-order valence-corrected chi connectivity index (χ3v) is 5.46. The van der Waals surface area contributed by atoms with E-state index in [2.05, 4.69) is 48.7 Å². The Morgan fingerprint density at radius 3 is 2.48 bits per heavy atom. The summed E-state index contributed by atoms with van der Waals surface area (Å²) in [4.78, 5) is 5.98. The number of aromatic nitrogens is 1. The van der Waals surface area contributed by atoms with Gasteiger partial charge in [-0.15, -0.1) is 23.1 Å². The van der Waals surface area contributed by atoms with Gasteiger partial charge in [0, 0.05) is 22.4 Å². The molecule has 1 heterocycles. The van der Waals surface area contributed by atoms with Crippen molar-refractivity contribution < 1.29 is 4.74 Å². The summed E-state index contributed by atoms with van der Waals surface area (Å²) in [6.07, 6.45) is 0.915. The third-order valence-electron chi connectivity index (χ3n) is 3.52. The van der Waals surface area contributed by atoms with Gasteiger partial charge < -0.3 is 4.74 Å². The van der Waals surface area contributed by atoms with E-state index in [-0.39, 0.29) is 0 Å². The van der Waals surface area contributed by atoms with E-state index in [9.17, 15) is 0 Å². The molecule has 0 aliphatic heterocycles. The van der Waals surface area contributed by atoms with E-state index < -0.39 is 0 Å². The van der Waals surface area contributed by atoms with Gasteiger partial charge in [0.1, 0.15) is 5.75 Å². The first-order valence-corrected chi connectivity index (χ1v) is 9.35. The normalized spacial score (nSPS) is 10.7. The van der Waals surface area contributed by atoms with E-state index in [0.717, 1.165) is 23.6 Å². The van der Waals surface area contributed by atoms with Crippen molar-refractivity contribution >= 4 is 23.1 Å². The Morgan fingerprint density at radius 2 is 1.78 bits per heavy atom. The molecule has 0 fully saturated rings. The van der Waals surface area contributed by atoms with Crippen molar-refractivity contribution in [3.63, 3.8) is 0 Å². The number of benzene rings is 2. The van der Waals surface area contributed by atoms with Crippen LogP contribution in [-0.2, 0) is 12.2 Å². The number of hydrogen-bond acceptors (Lipinski definition) is 4. The van der Waals surface area contributed by atoms with Crippen molar-refractivity contribution in [3.05, 3.63) is 75.7 Å². The van der Waals surface area contributed by atoms with Gasteiger partial charge in [-0.25, -0.2) is 4.98 Å². The Labute approximate surface area is 145 Å². The number of rotatable bonds is 6. The van der Waals surface area contributed by atoms with Crippen LogP contribution >= 0.6 is 23.1 Å². The number of aryl methyl sites for hydroxylation is 1. The molecule has 2 nitrogen and oxygen atoms in total. The Kier molecular flexibility index (Phi) is 5.36. The van der Waals surface area contributed by atoms with Crippen LogP contribution in [0, 0.1) is 6.92 Å². The molecule has 3 rings (SSSR count). The highest BCUT2D eigenvalue weighted by Gasteiger charge is 2.05. The smallest absolute Gasteiger partial charge is 0.118 e. The maximum absolute atomic E-state index is 5.18. The third kappa shape index (κ3) is 4.60. The zero-order valence-corrected chi connectivity index (χ0v) is 14.9. The highest BCUT2D eigenvalue weighted by atomic mass is 32.2. The van der Waals surface area contributed by atoms with E-state index in [1.807, 2.05) is 12.1 Å². The minimum absolute atomic E-state index is 0.892. The molecule has 0 saturated carbocycles. The predicted octanol–water partition coefficient (Wildman–Crippen LogP) is 5.34. The standard InChI is InChI=1S/C19H19NOS2/c1-14-3-5-15(6-4-14)11-19-20-16(13-23-19)12-22-18-9-7-17(21-2)8-10-18/h3-10,13H,11-12H2,1-2H3. The molecule has 1 aromatic heterocycles. The average molecular weight is 342 g/mol. The fourth-order valence-electron chi connectivity index (χ4n) is 2.21. The first-order chi connectivity index (χ1) is 11.2. The monoisotopic (exact) mass is 341 g/mol. The van der Waals surface area contributed by atoms with Gasteiger partial charge in [0.2, 0.25) is 0 Å². The van der Waals surface area contributed by atoms with E-state index in [0.29, 0.717) is 0 Å². The minimum atomic E-state index is 0.892. The second-order valence-electron chi connectivity index (χ2n) is 5.36. The molecule has 0 aliphatic rings. The van der Waals surface area contributed by atoms with Crippen LogP contribution in [0.15, 0.2) is 58.8 Å². The molecule has 0 aliphatic carbocycles. The zero-order valence-electron chi connectivity index (χ0n) is 13.3. The summed E-state index contributed by atoms with van der Waals surface area (Å²) in [5.74, 6) is 1.79. The molecule has 0 atom stereocenters. The van der Waals surface area contributed by atoms with Crippen LogP contribution in [0.1, 0.15) is 21.8 Å². The van der Waals surface area contributed by atoms with Crippen molar-refractivity contribution in [1.29, 1.82) is 0 Å². The summed E-state index contributed by atoms with van der Waals surface area (Å²) in [5, 5.41) is 3.35. The molecule has 4 heteroatoms. The van der Waals surface area contributed by atoms with Crippen molar-refractivity contribution in [2.24, 2.45) is 0 Å². The highest BCUT2D eigenvalue weighted by molar-refractivity contribution is 7.98. The van der Waals surface area contributed by atoms with Crippen LogP contribution in [0.4, 0.5) is 0 Å². The first-order valence-electron chi connectivity index (χ1n) is 7.48. The minimum Gasteiger partial charge on any atom is -0.497 e. The predicted molar refractivity (Wildman–Crippen MR) is 98.7 cm³/mol. The highest BCUT2D eigenvalue weighted by Crippen LogP contribution is 2.26. The lowest BCUT2D eigenvalue weighted by atomic mass is 10.1. The zero-order chi connectivity index (χ0) is 16.1. The molecular formula is C19H19NOS2. The summed E-state index contributed by atoms with van der Waals surface area (Å²) >= 11 is 3.55. The topological polar surface area (TPSA) is 22.1 Å². The molecule has 2 aromatic carbocycles. The molecule has 0 N–H and O–H groups in total. The molecule has 0 saturated heterocycles. The van der Waals surface area contributed by atoms with E-state index in [1.165, 1.54) is 21.0 Å². The van der Waals surface area contributed by atoms with Gasteiger partial charge in [-0.1, -0.05) is 29.8 Å². The van der Waals surface area contributed by atoms with Crippen LogP contribution in [-0.4, -0.2) is 12.1 Å². The van der Waals surface area contributed by atoms with E-state index in [1.54, 1.807) is 30.2 Å². The number of nitrogens with zero attached hydrogens (tertiary/aromatic N) is 1. The summed E-state index contributed by atoms with van der Waals surface area (Å²) in [6.45, 7) is 2.11. The molecule has 0 amide bonds. The number of thioether (sulfide) groups is 1. The fraction of sp³-hybridized carbons (Fsp3) is 0.211. The summed E-state index contributed by atoms with van der Waals surface area (Å²) in [5.41, 5.74) is 3.77. The first kappa shape index (κ1) is 16.1. The number of ether oxygens (including phenoxy) is 1. The molecule has 0 radical (unpaired) electrons. The summed E-state index contributed by atoms with van der Waals surface area (Å²) in [6, 6.07) is 16.8.